The minimum Gasteiger partial charge on any atom is -0.480 e. The number of carbonyl (C=O) groups is 1. The van der Waals surface area contributed by atoms with Crippen LogP contribution in [0.4, 0.5) is 0 Å². The van der Waals surface area contributed by atoms with Crippen LogP contribution in [0.2, 0.25) is 0 Å². The molecule has 1 saturated carbocycles. The van der Waals surface area contributed by atoms with Crippen molar-refractivity contribution in [3.8, 4) is 0 Å². The van der Waals surface area contributed by atoms with Crippen molar-refractivity contribution >= 4 is 5.97 Å². The van der Waals surface area contributed by atoms with E-state index in [0.29, 0.717) is 18.3 Å². The Bertz CT molecular complexity index is 261. The zero-order valence-electron chi connectivity index (χ0n) is 12.6. The third-order valence-corrected chi connectivity index (χ3v) is 4.68. The molecule has 3 nitrogen and oxygen atoms in total. The van der Waals surface area contributed by atoms with Gasteiger partial charge in [0.25, 0.3) is 0 Å². The lowest BCUT2D eigenvalue weighted by Gasteiger charge is -2.27. The number of hydrogen-bond donors (Lipinski definition) is 2. The predicted octanol–water partition coefficient (Wildman–Crippen LogP) is 3.81. The summed E-state index contributed by atoms with van der Waals surface area (Å²) in [5, 5.41) is 8.90. The Labute approximate surface area is 118 Å². The van der Waals surface area contributed by atoms with Gasteiger partial charge in [0.1, 0.15) is 6.04 Å². The second kappa shape index (κ2) is 8.57. The monoisotopic (exact) mass is 269 g/mol. The SMILES string of the molecule is CCC(CC(C)CC1CCCCC1)CC(N)C(=O)O. The van der Waals surface area contributed by atoms with Crippen LogP contribution in [0.25, 0.3) is 0 Å². The lowest BCUT2D eigenvalue weighted by atomic mass is 9.79. The number of aliphatic carboxylic acids is 1. The molecule has 0 saturated heterocycles. The molecule has 3 unspecified atom stereocenters. The number of carboxylic acid groups (broad SMARTS) is 1. The van der Waals surface area contributed by atoms with Gasteiger partial charge in [0, 0.05) is 0 Å². The van der Waals surface area contributed by atoms with Gasteiger partial charge in [-0.15, -0.1) is 0 Å². The van der Waals surface area contributed by atoms with Crippen molar-refractivity contribution in [3.05, 3.63) is 0 Å². The largest absolute Gasteiger partial charge is 0.480 e. The molecule has 0 amide bonds. The van der Waals surface area contributed by atoms with E-state index >= 15 is 0 Å². The fourth-order valence-corrected chi connectivity index (χ4v) is 3.55. The first-order valence-electron chi connectivity index (χ1n) is 8.01. The Kier molecular flexibility index (Phi) is 7.44. The van der Waals surface area contributed by atoms with E-state index in [0.717, 1.165) is 18.8 Å². The van der Waals surface area contributed by atoms with E-state index in [1.165, 1.54) is 38.5 Å². The van der Waals surface area contributed by atoms with Crippen molar-refractivity contribution in [2.75, 3.05) is 0 Å². The van der Waals surface area contributed by atoms with Gasteiger partial charge in [-0.2, -0.15) is 0 Å². The first-order valence-corrected chi connectivity index (χ1v) is 8.01. The Morgan fingerprint density at radius 2 is 1.89 bits per heavy atom. The summed E-state index contributed by atoms with van der Waals surface area (Å²) < 4.78 is 0. The molecule has 0 aliphatic heterocycles. The standard InChI is InChI=1S/C16H31NO2/c1-3-13(11-15(17)16(18)19)9-12(2)10-14-7-5-4-6-8-14/h12-15H,3-11,17H2,1-2H3,(H,18,19). The van der Waals surface area contributed by atoms with Gasteiger partial charge in [0.15, 0.2) is 0 Å². The Morgan fingerprint density at radius 1 is 1.26 bits per heavy atom. The number of carboxylic acids is 1. The Hall–Kier alpha value is -0.570. The van der Waals surface area contributed by atoms with Gasteiger partial charge < -0.3 is 10.8 Å². The second-order valence-corrected chi connectivity index (χ2v) is 6.54. The third kappa shape index (κ3) is 6.42. The highest BCUT2D eigenvalue weighted by atomic mass is 16.4. The molecule has 3 N–H and O–H groups in total. The summed E-state index contributed by atoms with van der Waals surface area (Å²) in [4.78, 5) is 10.8. The van der Waals surface area contributed by atoms with Crippen LogP contribution >= 0.6 is 0 Å². The Morgan fingerprint density at radius 3 is 2.42 bits per heavy atom. The fourth-order valence-electron chi connectivity index (χ4n) is 3.55. The van der Waals surface area contributed by atoms with E-state index in [-0.39, 0.29) is 0 Å². The van der Waals surface area contributed by atoms with Gasteiger partial charge in [-0.25, -0.2) is 0 Å². The number of nitrogens with two attached hydrogens (primary N) is 1. The highest BCUT2D eigenvalue weighted by Crippen LogP contribution is 2.32. The van der Waals surface area contributed by atoms with Gasteiger partial charge in [0.05, 0.1) is 0 Å². The van der Waals surface area contributed by atoms with Crippen molar-refractivity contribution in [2.45, 2.75) is 77.7 Å². The molecular weight excluding hydrogens is 238 g/mol. The van der Waals surface area contributed by atoms with Crippen molar-refractivity contribution in [3.63, 3.8) is 0 Å². The molecule has 1 rings (SSSR count). The minimum absolute atomic E-state index is 0.463. The summed E-state index contributed by atoms with van der Waals surface area (Å²) in [6.45, 7) is 4.47. The van der Waals surface area contributed by atoms with Crippen LogP contribution in [0.3, 0.4) is 0 Å². The van der Waals surface area contributed by atoms with Gasteiger partial charge in [-0.05, 0) is 37.0 Å². The highest BCUT2D eigenvalue weighted by molar-refractivity contribution is 5.73. The molecular formula is C16H31NO2. The molecule has 3 heteroatoms. The maximum Gasteiger partial charge on any atom is 0.320 e. The van der Waals surface area contributed by atoms with Crippen LogP contribution in [0.1, 0.15) is 71.6 Å². The van der Waals surface area contributed by atoms with E-state index in [2.05, 4.69) is 13.8 Å². The molecule has 0 heterocycles. The average molecular weight is 269 g/mol. The molecule has 0 radical (unpaired) electrons. The van der Waals surface area contributed by atoms with Crippen LogP contribution in [0, 0.1) is 17.8 Å². The number of hydrogen-bond acceptors (Lipinski definition) is 2. The van der Waals surface area contributed by atoms with Crippen LogP contribution in [-0.4, -0.2) is 17.1 Å². The maximum atomic E-state index is 10.8. The molecule has 1 fully saturated rings. The quantitative estimate of drug-likeness (QED) is 0.704. The summed E-state index contributed by atoms with van der Waals surface area (Å²) in [6.07, 6.45) is 11.1. The van der Waals surface area contributed by atoms with Crippen LogP contribution < -0.4 is 5.73 Å². The van der Waals surface area contributed by atoms with Gasteiger partial charge >= 0.3 is 5.97 Å². The van der Waals surface area contributed by atoms with Gasteiger partial charge in [-0.3, -0.25) is 4.79 Å². The van der Waals surface area contributed by atoms with E-state index in [1.54, 1.807) is 0 Å². The molecule has 0 aromatic heterocycles. The lowest BCUT2D eigenvalue weighted by molar-refractivity contribution is -0.139. The minimum atomic E-state index is -0.863. The van der Waals surface area contributed by atoms with E-state index in [1.807, 2.05) is 0 Å². The van der Waals surface area contributed by atoms with E-state index < -0.39 is 12.0 Å². The fraction of sp³-hybridized carbons (Fsp3) is 0.938. The van der Waals surface area contributed by atoms with Gasteiger partial charge in [-0.1, -0.05) is 52.4 Å². The summed E-state index contributed by atoms with van der Waals surface area (Å²) in [5.41, 5.74) is 5.65. The molecule has 1 aliphatic rings. The van der Waals surface area contributed by atoms with E-state index in [4.69, 9.17) is 10.8 Å². The highest BCUT2D eigenvalue weighted by Gasteiger charge is 2.22. The molecule has 3 atom stereocenters. The molecule has 1 aliphatic carbocycles. The molecule has 0 spiro atoms. The zero-order chi connectivity index (χ0) is 14.3. The summed E-state index contributed by atoms with van der Waals surface area (Å²) in [5.74, 6) is 1.21. The smallest absolute Gasteiger partial charge is 0.320 e. The van der Waals surface area contributed by atoms with Gasteiger partial charge in [0.2, 0.25) is 0 Å². The first kappa shape index (κ1) is 16.5. The Balaban J connectivity index is 2.30. The van der Waals surface area contributed by atoms with Crippen LogP contribution in [0.15, 0.2) is 0 Å². The molecule has 112 valence electrons. The summed E-state index contributed by atoms with van der Waals surface area (Å²) in [6, 6.07) is -0.688. The van der Waals surface area contributed by atoms with Crippen molar-refractivity contribution < 1.29 is 9.90 Å². The lowest BCUT2D eigenvalue weighted by Crippen LogP contribution is -2.32. The number of rotatable bonds is 8. The predicted molar refractivity (Wildman–Crippen MR) is 79.0 cm³/mol. The average Bonchev–Trinajstić information content (AvgIpc) is 2.38. The van der Waals surface area contributed by atoms with Crippen molar-refractivity contribution in [2.24, 2.45) is 23.5 Å². The topological polar surface area (TPSA) is 63.3 Å². The third-order valence-electron chi connectivity index (χ3n) is 4.68. The van der Waals surface area contributed by atoms with Crippen molar-refractivity contribution in [1.82, 2.24) is 0 Å². The second-order valence-electron chi connectivity index (χ2n) is 6.54. The normalized spacial score (nSPS) is 21.8. The first-order chi connectivity index (χ1) is 9.02. The zero-order valence-corrected chi connectivity index (χ0v) is 12.6. The van der Waals surface area contributed by atoms with Crippen molar-refractivity contribution in [1.29, 1.82) is 0 Å². The molecule has 0 aromatic rings. The summed E-state index contributed by atoms with van der Waals surface area (Å²) >= 11 is 0. The van der Waals surface area contributed by atoms with Crippen LogP contribution in [-0.2, 0) is 4.79 Å². The van der Waals surface area contributed by atoms with Crippen LogP contribution in [0.5, 0.6) is 0 Å². The van der Waals surface area contributed by atoms with E-state index in [9.17, 15) is 4.79 Å². The maximum absolute atomic E-state index is 10.8. The molecule has 19 heavy (non-hydrogen) atoms. The summed E-state index contributed by atoms with van der Waals surface area (Å²) in [7, 11) is 0. The molecule has 0 bridgehead atoms. The molecule has 0 aromatic carbocycles.